The molecule has 1 aromatic carbocycles. The second-order valence-corrected chi connectivity index (χ2v) is 4.60. The van der Waals surface area contributed by atoms with Gasteiger partial charge in [0.2, 0.25) is 0 Å². The summed E-state index contributed by atoms with van der Waals surface area (Å²) in [5, 5.41) is 0. The Morgan fingerprint density at radius 3 is 2.94 bits per heavy atom. The predicted molar refractivity (Wildman–Crippen MR) is 66.7 cm³/mol. The Bertz CT molecular complexity index is 393. The Hall–Kier alpha value is -1.28. The Labute approximate surface area is 97.1 Å². The van der Waals surface area contributed by atoms with E-state index < -0.39 is 0 Å². The summed E-state index contributed by atoms with van der Waals surface area (Å²) >= 11 is 0. The molecular weight excluding hydrogens is 198 g/mol. The molecule has 0 aliphatic carbocycles. The first-order valence-electron chi connectivity index (χ1n) is 5.81. The van der Waals surface area contributed by atoms with Gasteiger partial charge in [0.15, 0.2) is 0 Å². The molecule has 0 saturated carbocycles. The van der Waals surface area contributed by atoms with Crippen molar-refractivity contribution >= 4 is 0 Å². The van der Waals surface area contributed by atoms with E-state index in [-0.39, 0.29) is 6.04 Å². The number of para-hydroxylation sites is 1. The monoisotopic (exact) mass is 217 g/mol. The van der Waals surface area contributed by atoms with Gasteiger partial charge in [0.05, 0.1) is 6.61 Å². The molecule has 2 nitrogen and oxygen atoms in total. The number of benzene rings is 1. The van der Waals surface area contributed by atoms with Crippen LogP contribution in [0, 0.1) is 0 Å². The number of fused-ring (bicyclic) bond motifs is 1. The maximum absolute atomic E-state index is 6.23. The molecule has 0 radical (unpaired) electrons. The highest BCUT2D eigenvalue weighted by molar-refractivity contribution is 5.39. The van der Waals surface area contributed by atoms with Crippen LogP contribution >= 0.6 is 0 Å². The van der Waals surface area contributed by atoms with Gasteiger partial charge >= 0.3 is 0 Å². The van der Waals surface area contributed by atoms with E-state index in [9.17, 15) is 0 Å². The van der Waals surface area contributed by atoms with Crippen LogP contribution in [-0.4, -0.2) is 12.6 Å². The normalized spacial score (nSPS) is 20.6. The largest absolute Gasteiger partial charge is 0.493 e. The van der Waals surface area contributed by atoms with E-state index in [1.54, 1.807) is 0 Å². The first kappa shape index (κ1) is 11.2. The lowest BCUT2D eigenvalue weighted by molar-refractivity contribution is 0.261. The fourth-order valence-corrected chi connectivity index (χ4v) is 2.27. The third kappa shape index (κ3) is 2.27. The average molecular weight is 217 g/mol. The van der Waals surface area contributed by atoms with Crippen molar-refractivity contribution in [1.29, 1.82) is 0 Å². The molecule has 1 aliphatic heterocycles. The van der Waals surface area contributed by atoms with Gasteiger partial charge in [-0.3, -0.25) is 0 Å². The van der Waals surface area contributed by atoms with Crippen LogP contribution in [0.15, 0.2) is 35.9 Å². The van der Waals surface area contributed by atoms with Gasteiger partial charge < -0.3 is 10.5 Å². The van der Waals surface area contributed by atoms with Crippen molar-refractivity contribution in [3.05, 3.63) is 41.5 Å². The number of nitrogens with two attached hydrogens (primary N) is 1. The maximum atomic E-state index is 6.23. The van der Waals surface area contributed by atoms with Gasteiger partial charge in [0.1, 0.15) is 5.75 Å². The Kier molecular flexibility index (Phi) is 3.30. The maximum Gasteiger partial charge on any atom is 0.122 e. The van der Waals surface area contributed by atoms with E-state index in [4.69, 9.17) is 10.5 Å². The van der Waals surface area contributed by atoms with Gasteiger partial charge in [-0.05, 0) is 31.9 Å². The molecule has 86 valence electrons. The van der Waals surface area contributed by atoms with Gasteiger partial charge in [-0.2, -0.15) is 0 Å². The number of hydrogen-bond donors (Lipinski definition) is 1. The zero-order valence-electron chi connectivity index (χ0n) is 9.94. The van der Waals surface area contributed by atoms with Gasteiger partial charge in [-0.15, -0.1) is 0 Å². The molecule has 16 heavy (non-hydrogen) atoms. The van der Waals surface area contributed by atoms with Crippen LogP contribution in [0.1, 0.15) is 31.7 Å². The van der Waals surface area contributed by atoms with Gasteiger partial charge in [0, 0.05) is 12.0 Å². The Balaban J connectivity index is 2.28. The number of rotatable bonds is 2. The summed E-state index contributed by atoms with van der Waals surface area (Å²) in [5.41, 5.74) is 8.76. The van der Waals surface area contributed by atoms with Crippen LogP contribution in [0.5, 0.6) is 5.75 Å². The minimum absolute atomic E-state index is 0.0926. The molecule has 0 aromatic heterocycles. The quantitative estimate of drug-likeness (QED) is 0.773. The zero-order chi connectivity index (χ0) is 11.5. The molecule has 0 bridgehead atoms. The lowest BCUT2D eigenvalue weighted by Crippen LogP contribution is -2.30. The molecule has 1 aromatic rings. The third-order valence-electron chi connectivity index (χ3n) is 3.00. The molecule has 2 heteroatoms. The predicted octanol–water partition coefficient (Wildman–Crippen LogP) is 2.85. The van der Waals surface area contributed by atoms with Crippen LogP contribution in [0.3, 0.4) is 0 Å². The van der Waals surface area contributed by atoms with Crippen molar-refractivity contribution in [2.24, 2.45) is 5.73 Å². The summed E-state index contributed by atoms with van der Waals surface area (Å²) < 4.78 is 5.63. The Morgan fingerprint density at radius 1 is 1.44 bits per heavy atom. The highest BCUT2D eigenvalue weighted by atomic mass is 16.5. The van der Waals surface area contributed by atoms with Crippen LogP contribution in [0.4, 0.5) is 0 Å². The van der Waals surface area contributed by atoms with Gasteiger partial charge in [-0.1, -0.05) is 29.8 Å². The highest BCUT2D eigenvalue weighted by Crippen LogP contribution is 2.35. The highest BCUT2D eigenvalue weighted by Gasteiger charge is 2.25. The van der Waals surface area contributed by atoms with Gasteiger partial charge in [-0.25, -0.2) is 0 Å². The molecule has 1 heterocycles. The zero-order valence-corrected chi connectivity index (χ0v) is 9.94. The average Bonchev–Trinajstić information content (AvgIpc) is 2.27. The van der Waals surface area contributed by atoms with Crippen molar-refractivity contribution in [1.82, 2.24) is 0 Å². The molecule has 0 fully saturated rings. The summed E-state index contributed by atoms with van der Waals surface area (Å²) in [4.78, 5) is 0. The number of ether oxygens (including phenoxy) is 1. The summed E-state index contributed by atoms with van der Waals surface area (Å²) in [6, 6.07) is 8.30. The molecule has 2 unspecified atom stereocenters. The van der Waals surface area contributed by atoms with Gasteiger partial charge in [0.25, 0.3) is 0 Å². The first-order chi connectivity index (χ1) is 7.68. The van der Waals surface area contributed by atoms with E-state index in [2.05, 4.69) is 32.1 Å². The fraction of sp³-hybridized carbons (Fsp3) is 0.429. The molecule has 2 atom stereocenters. The third-order valence-corrected chi connectivity index (χ3v) is 3.00. The lowest BCUT2D eigenvalue weighted by atomic mass is 9.86. The van der Waals surface area contributed by atoms with E-state index in [0.29, 0.717) is 5.92 Å². The molecule has 0 saturated heterocycles. The van der Waals surface area contributed by atoms with Crippen LogP contribution in [0.25, 0.3) is 0 Å². The molecule has 0 amide bonds. The van der Waals surface area contributed by atoms with Crippen molar-refractivity contribution < 1.29 is 4.74 Å². The van der Waals surface area contributed by atoms with Crippen molar-refractivity contribution in [2.75, 3.05) is 6.61 Å². The Morgan fingerprint density at radius 2 is 2.19 bits per heavy atom. The summed E-state index contributed by atoms with van der Waals surface area (Å²) in [6.07, 6.45) is 3.15. The van der Waals surface area contributed by atoms with Crippen LogP contribution < -0.4 is 10.5 Å². The van der Waals surface area contributed by atoms with E-state index in [0.717, 1.165) is 18.8 Å². The molecule has 0 spiro atoms. The molecule has 1 aliphatic rings. The van der Waals surface area contributed by atoms with Crippen molar-refractivity contribution in [3.8, 4) is 5.75 Å². The summed E-state index contributed by atoms with van der Waals surface area (Å²) in [5.74, 6) is 1.39. The smallest absolute Gasteiger partial charge is 0.122 e. The molecule has 2 rings (SSSR count). The molecule has 2 N–H and O–H groups in total. The summed E-state index contributed by atoms with van der Waals surface area (Å²) in [6.45, 7) is 4.95. The van der Waals surface area contributed by atoms with Crippen LogP contribution in [0.2, 0.25) is 0 Å². The van der Waals surface area contributed by atoms with E-state index >= 15 is 0 Å². The van der Waals surface area contributed by atoms with Crippen molar-refractivity contribution in [2.45, 2.75) is 32.2 Å². The second-order valence-electron chi connectivity index (χ2n) is 4.60. The topological polar surface area (TPSA) is 35.2 Å². The second kappa shape index (κ2) is 4.71. The van der Waals surface area contributed by atoms with Crippen molar-refractivity contribution in [3.63, 3.8) is 0 Å². The van der Waals surface area contributed by atoms with E-state index in [1.807, 2.05) is 12.1 Å². The minimum Gasteiger partial charge on any atom is -0.493 e. The number of allylic oxidation sites excluding steroid dienone is 1. The van der Waals surface area contributed by atoms with E-state index in [1.165, 1.54) is 11.1 Å². The fourth-order valence-electron chi connectivity index (χ4n) is 2.27. The SMILES string of the molecule is CC(C)=CC(N)C1CCOc2ccccc21. The lowest BCUT2D eigenvalue weighted by Gasteiger charge is -2.29. The van der Waals surface area contributed by atoms with Crippen LogP contribution in [-0.2, 0) is 0 Å². The first-order valence-corrected chi connectivity index (χ1v) is 5.81. The molecular formula is C14H19NO. The standard InChI is InChI=1S/C14H19NO/c1-10(2)9-13(15)11-7-8-16-14-6-4-3-5-12(11)14/h3-6,9,11,13H,7-8,15H2,1-2H3. The minimum atomic E-state index is 0.0926. The summed E-state index contributed by atoms with van der Waals surface area (Å²) in [7, 11) is 0. The number of hydrogen-bond acceptors (Lipinski definition) is 2.